The molecule has 1 aliphatic heterocycles. The summed E-state index contributed by atoms with van der Waals surface area (Å²) in [5, 5.41) is 13.4. The normalized spacial score (nSPS) is 22.3. The molecule has 1 N–H and O–H groups in total. The number of halogens is 3. The number of ether oxygens (including phenoxy) is 1. The lowest BCUT2D eigenvalue weighted by Crippen LogP contribution is -2.50. The zero-order chi connectivity index (χ0) is 19.0. The molecule has 1 saturated heterocycles. The molecule has 0 saturated carbocycles. The van der Waals surface area contributed by atoms with Crippen LogP contribution in [-0.4, -0.2) is 37.1 Å². The van der Waals surface area contributed by atoms with Gasteiger partial charge in [-0.15, -0.1) is 0 Å². The first kappa shape index (κ1) is 18.5. The van der Waals surface area contributed by atoms with Crippen molar-refractivity contribution < 1.29 is 9.13 Å². The molecule has 0 bridgehead atoms. The molecule has 7 heteroatoms. The Morgan fingerprint density at radius 1 is 1.19 bits per heavy atom. The molecule has 2 atom stereocenters. The van der Waals surface area contributed by atoms with Gasteiger partial charge in [-0.2, -0.15) is 5.26 Å². The predicted octanol–water partition coefficient (Wildman–Crippen LogP) is 3.95. The van der Waals surface area contributed by atoms with Crippen LogP contribution < -0.4 is 10.1 Å². The van der Waals surface area contributed by atoms with Crippen LogP contribution in [0.4, 0.5) is 4.39 Å². The maximum Gasteiger partial charge on any atom is 0.166 e. The number of nitriles is 1. The third kappa shape index (κ3) is 3.63. The van der Waals surface area contributed by atoms with E-state index in [-0.39, 0.29) is 23.5 Å². The van der Waals surface area contributed by atoms with Crippen LogP contribution in [-0.2, 0) is 6.42 Å². The number of nitrogens with zero attached hydrogens (tertiary/aromatic N) is 2. The summed E-state index contributed by atoms with van der Waals surface area (Å²) in [7, 11) is 0. The molecule has 1 fully saturated rings. The monoisotopic (exact) mass is 405 g/mol. The van der Waals surface area contributed by atoms with Gasteiger partial charge in [-0.1, -0.05) is 23.2 Å². The number of hydrogen-bond acceptors (Lipinski definition) is 4. The molecule has 2 aliphatic rings. The van der Waals surface area contributed by atoms with Gasteiger partial charge < -0.3 is 10.1 Å². The Bertz CT molecular complexity index is 909. The van der Waals surface area contributed by atoms with Crippen LogP contribution >= 0.6 is 23.2 Å². The smallest absolute Gasteiger partial charge is 0.166 e. The Balaban J connectivity index is 1.71. The molecule has 0 spiro atoms. The van der Waals surface area contributed by atoms with Crippen LogP contribution in [0.1, 0.15) is 22.8 Å². The Kier molecular flexibility index (Phi) is 5.25. The van der Waals surface area contributed by atoms with E-state index in [0.29, 0.717) is 10.0 Å². The number of rotatable bonds is 3. The van der Waals surface area contributed by atoms with Gasteiger partial charge in [-0.3, -0.25) is 4.90 Å². The SMILES string of the molecule is N#Cc1ccc(O[C@H]2c3cc(Cl)cc(Cl)c3C[C@H]2N2CCNCC2)c(F)c1. The minimum atomic E-state index is -0.547. The number of nitrogens with one attached hydrogen (secondary N) is 1. The van der Waals surface area contributed by atoms with Crippen LogP contribution in [0.15, 0.2) is 30.3 Å². The maximum atomic E-state index is 14.4. The second kappa shape index (κ2) is 7.65. The third-order valence-corrected chi connectivity index (χ3v) is 5.75. The van der Waals surface area contributed by atoms with Crippen LogP contribution in [0.3, 0.4) is 0 Å². The maximum absolute atomic E-state index is 14.4. The highest BCUT2D eigenvalue weighted by molar-refractivity contribution is 6.35. The van der Waals surface area contributed by atoms with Gasteiger partial charge in [0.1, 0.15) is 6.10 Å². The van der Waals surface area contributed by atoms with E-state index in [1.54, 1.807) is 12.1 Å². The largest absolute Gasteiger partial charge is 0.481 e. The van der Waals surface area contributed by atoms with Gasteiger partial charge in [0.2, 0.25) is 0 Å². The zero-order valence-corrected chi connectivity index (χ0v) is 16.0. The van der Waals surface area contributed by atoms with Crippen molar-refractivity contribution in [2.24, 2.45) is 0 Å². The Hall–Kier alpha value is -1.84. The molecule has 140 valence electrons. The van der Waals surface area contributed by atoms with Crippen molar-refractivity contribution in [2.45, 2.75) is 18.6 Å². The number of hydrogen-bond donors (Lipinski definition) is 1. The molecule has 27 heavy (non-hydrogen) atoms. The predicted molar refractivity (Wildman–Crippen MR) is 103 cm³/mol. The standard InChI is InChI=1S/C20H18Cl2FN3O/c21-13-8-15-14(16(22)9-13)10-18(26-5-3-25-4-6-26)20(15)27-19-2-1-12(11-24)7-17(19)23/h1-2,7-9,18,20,25H,3-6,10H2/t18-,20+/m1/s1. The summed E-state index contributed by atoms with van der Waals surface area (Å²) in [6, 6.07) is 9.83. The highest BCUT2D eigenvalue weighted by atomic mass is 35.5. The van der Waals surface area contributed by atoms with Crippen LogP contribution in [0, 0.1) is 17.1 Å². The van der Waals surface area contributed by atoms with Crippen molar-refractivity contribution in [1.82, 2.24) is 10.2 Å². The van der Waals surface area contributed by atoms with E-state index >= 15 is 0 Å². The van der Waals surface area contributed by atoms with Gasteiger partial charge in [-0.05, 0) is 42.3 Å². The number of piperazine rings is 1. The highest BCUT2D eigenvalue weighted by Gasteiger charge is 2.40. The van der Waals surface area contributed by atoms with E-state index in [2.05, 4.69) is 10.2 Å². The lowest BCUT2D eigenvalue weighted by atomic mass is 10.1. The summed E-state index contributed by atoms with van der Waals surface area (Å²) in [5.74, 6) is -0.419. The van der Waals surface area contributed by atoms with Crippen molar-refractivity contribution in [3.8, 4) is 11.8 Å². The van der Waals surface area contributed by atoms with E-state index < -0.39 is 5.82 Å². The summed E-state index contributed by atoms with van der Waals surface area (Å²) >= 11 is 12.7. The first-order valence-electron chi connectivity index (χ1n) is 8.85. The van der Waals surface area contributed by atoms with E-state index in [9.17, 15) is 4.39 Å². The summed E-state index contributed by atoms with van der Waals surface area (Å²) in [4.78, 5) is 2.35. The van der Waals surface area contributed by atoms with Gasteiger partial charge in [0.25, 0.3) is 0 Å². The van der Waals surface area contributed by atoms with Crippen LogP contribution in [0.2, 0.25) is 10.0 Å². The number of fused-ring (bicyclic) bond motifs is 1. The van der Waals surface area contributed by atoms with Gasteiger partial charge in [0, 0.05) is 41.8 Å². The topological polar surface area (TPSA) is 48.3 Å². The van der Waals surface area contributed by atoms with Gasteiger partial charge in [-0.25, -0.2) is 4.39 Å². The molecule has 0 amide bonds. The van der Waals surface area contributed by atoms with E-state index in [1.807, 2.05) is 12.1 Å². The molecule has 2 aromatic rings. The zero-order valence-electron chi connectivity index (χ0n) is 14.5. The molecule has 0 aromatic heterocycles. The molecule has 4 rings (SSSR count). The number of benzene rings is 2. The fourth-order valence-corrected chi connectivity index (χ4v) is 4.48. The lowest BCUT2D eigenvalue weighted by Gasteiger charge is -2.36. The molecular weight excluding hydrogens is 388 g/mol. The summed E-state index contributed by atoms with van der Waals surface area (Å²) in [6.07, 6.45) is 0.352. The van der Waals surface area contributed by atoms with Crippen molar-refractivity contribution in [3.63, 3.8) is 0 Å². The quantitative estimate of drug-likeness (QED) is 0.839. The van der Waals surface area contributed by atoms with Crippen molar-refractivity contribution in [2.75, 3.05) is 26.2 Å². The minimum absolute atomic E-state index is 0.0492. The van der Waals surface area contributed by atoms with Gasteiger partial charge >= 0.3 is 0 Å². The van der Waals surface area contributed by atoms with Crippen molar-refractivity contribution >= 4 is 23.2 Å². The molecule has 4 nitrogen and oxygen atoms in total. The van der Waals surface area contributed by atoms with Crippen molar-refractivity contribution in [1.29, 1.82) is 5.26 Å². The van der Waals surface area contributed by atoms with Crippen LogP contribution in [0.25, 0.3) is 0 Å². The molecule has 1 heterocycles. The summed E-state index contributed by atoms with van der Waals surface area (Å²) in [5.41, 5.74) is 2.17. The second-order valence-corrected chi connectivity index (χ2v) is 7.65. The molecule has 2 aromatic carbocycles. The molecule has 1 aliphatic carbocycles. The third-order valence-electron chi connectivity index (χ3n) is 5.20. The average Bonchev–Trinajstić information content (AvgIpc) is 3.03. The Morgan fingerprint density at radius 3 is 2.67 bits per heavy atom. The van der Waals surface area contributed by atoms with E-state index in [0.717, 1.165) is 43.7 Å². The van der Waals surface area contributed by atoms with E-state index in [1.165, 1.54) is 12.1 Å². The first-order chi connectivity index (χ1) is 13.1. The van der Waals surface area contributed by atoms with Gasteiger partial charge in [0.05, 0.1) is 17.7 Å². The Labute approximate surface area is 167 Å². The minimum Gasteiger partial charge on any atom is -0.481 e. The first-order valence-corrected chi connectivity index (χ1v) is 9.61. The average molecular weight is 406 g/mol. The summed E-state index contributed by atoms with van der Waals surface area (Å²) in [6.45, 7) is 3.58. The molecular formula is C20H18Cl2FN3O. The molecule has 0 unspecified atom stereocenters. The highest BCUT2D eigenvalue weighted by Crippen LogP contribution is 2.43. The van der Waals surface area contributed by atoms with Crippen LogP contribution in [0.5, 0.6) is 5.75 Å². The second-order valence-electron chi connectivity index (χ2n) is 6.81. The fraction of sp³-hybridized carbons (Fsp3) is 0.350. The summed E-state index contributed by atoms with van der Waals surface area (Å²) < 4.78 is 20.6. The van der Waals surface area contributed by atoms with Crippen molar-refractivity contribution in [3.05, 3.63) is 62.9 Å². The fourth-order valence-electron chi connectivity index (χ4n) is 3.90. The Morgan fingerprint density at radius 2 is 1.96 bits per heavy atom. The molecule has 0 radical (unpaired) electrons. The van der Waals surface area contributed by atoms with Gasteiger partial charge in [0.15, 0.2) is 11.6 Å². The lowest BCUT2D eigenvalue weighted by molar-refractivity contribution is 0.0668. The van der Waals surface area contributed by atoms with E-state index in [4.69, 9.17) is 33.2 Å².